The van der Waals surface area contributed by atoms with Gasteiger partial charge in [-0.1, -0.05) is 35.5 Å². The summed E-state index contributed by atoms with van der Waals surface area (Å²) in [5.74, 6) is 1.14. The smallest absolute Gasteiger partial charge is 0.259 e. The van der Waals surface area contributed by atoms with Gasteiger partial charge in [-0.25, -0.2) is 0 Å². The molecule has 1 aromatic carbocycles. The van der Waals surface area contributed by atoms with Gasteiger partial charge in [0.05, 0.1) is 5.69 Å². The van der Waals surface area contributed by atoms with Gasteiger partial charge in [-0.05, 0) is 31.9 Å². The summed E-state index contributed by atoms with van der Waals surface area (Å²) >= 11 is 0. The highest BCUT2D eigenvalue weighted by molar-refractivity contribution is 5.96. The molecule has 0 unspecified atom stereocenters. The van der Waals surface area contributed by atoms with E-state index in [2.05, 4.69) is 17.3 Å². The number of aryl methyl sites for hydroxylation is 2. The Balaban J connectivity index is 0.00000192. The maximum atomic E-state index is 12.8. The number of benzene rings is 1. The lowest BCUT2D eigenvalue weighted by Crippen LogP contribution is -2.30. The highest BCUT2D eigenvalue weighted by Gasteiger charge is 2.37. The Bertz CT molecular complexity index is 652. The molecule has 1 saturated heterocycles. The van der Waals surface area contributed by atoms with Gasteiger partial charge in [0, 0.05) is 19.0 Å². The molecule has 1 fully saturated rings. The van der Waals surface area contributed by atoms with E-state index < -0.39 is 0 Å². The summed E-state index contributed by atoms with van der Waals surface area (Å²) in [7, 11) is 0. The standard InChI is InChI=1S/C17H21N3O2.ClH/c1-11-16(12(2)22-19-11)17(21)20-9-14(8-18)15(10-20)13-6-4-3-5-7-13;/h3-7,14-15H,8-10,18H2,1-2H3;1H/t14-,15+;/m1./s1. The monoisotopic (exact) mass is 335 g/mol. The molecule has 1 aliphatic heterocycles. The van der Waals surface area contributed by atoms with E-state index in [9.17, 15) is 4.79 Å². The summed E-state index contributed by atoms with van der Waals surface area (Å²) in [6.45, 7) is 5.52. The molecule has 3 rings (SSSR count). The third kappa shape index (κ3) is 3.26. The third-order valence-electron chi connectivity index (χ3n) is 4.51. The average Bonchev–Trinajstić information content (AvgIpc) is 3.11. The van der Waals surface area contributed by atoms with Gasteiger partial charge in [0.15, 0.2) is 0 Å². The number of rotatable bonds is 3. The highest BCUT2D eigenvalue weighted by atomic mass is 35.5. The number of halogens is 1. The molecule has 124 valence electrons. The number of nitrogens with zero attached hydrogens (tertiary/aromatic N) is 2. The lowest BCUT2D eigenvalue weighted by molar-refractivity contribution is 0.0784. The van der Waals surface area contributed by atoms with Crippen LogP contribution in [0.25, 0.3) is 0 Å². The summed E-state index contributed by atoms with van der Waals surface area (Å²) < 4.78 is 5.12. The van der Waals surface area contributed by atoms with Crippen molar-refractivity contribution >= 4 is 18.3 Å². The number of aromatic nitrogens is 1. The summed E-state index contributed by atoms with van der Waals surface area (Å²) in [5.41, 5.74) is 8.41. The molecule has 1 amide bonds. The first-order valence-corrected chi connectivity index (χ1v) is 7.59. The fourth-order valence-electron chi connectivity index (χ4n) is 3.30. The zero-order valence-corrected chi connectivity index (χ0v) is 14.2. The molecule has 2 aromatic rings. The van der Waals surface area contributed by atoms with Crippen molar-refractivity contribution in [2.24, 2.45) is 11.7 Å². The van der Waals surface area contributed by atoms with Crippen LogP contribution in [0.2, 0.25) is 0 Å². The normalized spacial score (nSPS) is 20.4. The predicted molar refractivity (Wildman–Crippen MR) is 90.9 cm³/mol. The molecule has 2 N–H and O–H groups in total. The van der Waals surface area contributed by atoms with Crippen molar-refractivity contribution in [3.63, 3.8) is 0 Å². The van der Waals surface area contributed by atoms with Crippen molar-refractivity contribution in [1.29, 1.82) is 0 Å². The van der Waals surface area contributed by atoms with Gasteiger partial charge in [0.2, 0.25) is 0 Å². The minimum absolute atomic E-state index is 0. The quantitative estimate of drug-likeness (QED) is 0.935. The van der Waals surface area contributed by atoms with E-state index >= 15 is 0 Å². The Labute approximate surface area is 142 Å². The van der Waals surface area contributed by atoms with Crippen LogP contribution in [-0.2, 0) is 0 Å². The Kier molecular flexibility index (Phi) is 5.44. The SMILES string of the molecule is Cc1noc(C)c1C(=O)N1C[C@@H](CN)[C@H](c2ccccc2)C1.Cl. The second kappa shape index (κ2) is 7.15. The topological polar surface area (TPSA) is 72.4 Å². The number of hydrogen-bond donors (Lipinski definition) is 1. The van der Waals surface area contributed by atoms with Crippen LogP contribution >= 0.6 is 12.4 Å². The minimum Gasteiger partial charge on any atom is -0.361 e. The van der Waals surface area contributed by atoms with Crippen LogP contribution in [0.3, 0.4) is 0 Å². The Morgan fingerprint density at radius 3 is 2.57 bits per heavy atom. The second-order valence-electron chi connectivity index (χ2n) is 5.92. The van der Waals surface area contributed by atoms with Crippen LogP contribution < -0.4 is 5.73 Å². The predicted octanol–water partition coefficient (Wildman–Crippen LogP) is 2.53. The summed E-state index contributed by atoms with van der Waals surface area (Å²) in [6.07, 6.45) is 0. The first kappa shape index (κ1) is 17.5. The van der Waals surface area contributed by atoms with E-state index in [1.807, 2.05) is 23.1 Å². The Hall–Kier alpha value is -1.85. The summed E-state index contributed by atoms with van der Waals surface area (Å²) in [6, 6.07) is 10.3. The van der Waals surface area contributed by atoms with Gasteiger partial charge in [-0.2, -0.15) is 0 Å². The largest absolute Gasteiger partial charge is 0.361 e. The molecule has 0 bridgehead atoms. The van der Waals surface area contributed by atoms with Crippen LogP contribution in [0, 0.1) is 19.8 Å². The van der Waals surface area contributed by atoms with Crippen molar-refractivity contribution in [3.8, 4) is 0 Å². The van der Waals surface area contributed by atoms with E-state index in [-0.39, 0.29) is 30.2 Å². The van der Waals surface area contributed by atoms with Gasteiger partial charge in [-0.3, -0.25) is 4.79 Å². The molecule has 6 heteroatoms. The van der Waals surface area contributed by atoms with E-state index in [1.54, 1.807) is 13.8 Å². The molecule has 2 heterocycles. The Morgan fingerprint density at radius 2 is 2.00 bits per heavy atom. The van der Waals surface area contributed by atoms with Crippen molar-refractivity contribution in [3.05, 3.63) is 52.9 Å². The molecule has 0 aliphatic carbocycles. The van der Waals surface area contributed by atoms with Gasteiger partial charge in [0.1, 0.15) is 11.3 Å². The summed E-state index contributed by atoms with van der Waals surface area (Å²) in [5, 5.41) is 3.88. The molecule has 0 radical (unpaired) electrons. The van der Waals surface area contributed by atoms with Gasteiger partial charge in [-0.15, -0.1) is 12.4 Å². The van der Waals surface area contributed by atoms with E-state index in [0.717, 1.165) is 0 Å². The zero-order chi connectivity index (χ0) is 15.7. The highest BCUT2D eigenvalue weighted by Crippen LogP contribution is 2.33. The zero-order valence-electron chi connectivity index (χ0n) is 13.4. The van der Waals surface area contributed by atoms with Crippen LogP contribution in [0.5, 0.6) is 0 Å². The molecular formula is C17H22ClN3O2. The molecule has 5 nitrogen and oxygen atoms in total. The molecule has 23 heavy (non-hydrogen) atoms. The first-order valence-electron chi connectivity index (χ1n) is 7.59. The number of carbonyl (C=O) groups is 1. The lowest BCUT2D eigenvalue weighted by Gasteiger charge is -2.16. The maximum absolute atomic E-state index is 12.8. The number of likely N-dealkylation sites (tertiary alicyclic amines) is 1. The van der Waals surface area contributed by atoms with E-state index in [4.69, 9.17) is 10.3 Å². The van der Waals surface area contributed by atoms with Crippen LogP contribution in [-0.4, -0.2) is 35.6 Å². The second-order valence-corrected chi connectivity index (χ2v) is 5.92. The van der Waals surface area contributed by atoms with Crippen LogP contribution in [0.4, 0.5) is 0 Å². The Morgan fingerprint density at radius 1 is 1.30 bits per heavy atom. The summed E-state index contributed by atoms with van der Waals surface area (Å²) in [4.78, 5) is 14.6. The number of nitrogens with two attached hydrogens (primary N) is 1. The molecule has 1 aromatic heterocycles. The minimum atomic E-state index is -0.00636. The molecular weight excluding hydrogens is 314 g/mol. The number of amides is 1. The number of carbonyl (C=O) groups excluding carboxylic acids is 1. The lowest BCUT2D eigenvalue weighted by atomic mass is 9.89. The third-order valence-corrected chi connectivity index (χ3v) is 4.51. The fourth-order valence-corrected chi connectivity index (χ4v) is 3.30. The van der Waals surface area contributed by atoms with Gasteiger partial charge in [0.25, 0.3) is 5.91 Å². The molecule has 0 spiro atoms. The fraction of sp³-hybridized carbons (Fsp3) is 0.412. The molecule has 2 atom stereocenters. The van der Waals surface area contributed by atoms with Crippen LogP contribution in [0.15, 0.2) is 34.9 Å². The van der Waals surface area contributed by atoms with E-state index in [1.165, 1.54) is 5.56 Å². The molecule has 1 aliphatic rings. The van der Waals surface area contributed by atoms with Crippen molar-refractivity contribution < 1.29 is 9.32 Å². The van der Waals surface area contributed by atoms with Crippen molar-refractivity contribution in [2.75, 3.05) is 19.6 Å². The molecule has 0 saturated carbocycles. The van der Waals surface area contributed by atoms with Crippen molar-refractivity contribution in [2.45, 2.75) is 19.8 Å². The van der Waals surface area contributed by atoms with E-state index in [0.29, 0.717) is 36.7 Å². The van der Waals surface area contributed by atoms with Crippen molar-refractivity contribution in [1.82, 2.24) is 10.1 Å². The van der Waals surface area contributed by atoms with Crippen LogP contribution in [0.1, 0.15) is 33.3 Å². The average molecular weight is 336 g/mol. The van der Waals surface area contributed by atoms with Gasteiger partial charge >= 0.3 is 0 Å². The first-order chi connectivity index (χ1) is 10.6. The number of hydrogen-bond acceptors (Lipinski definition) is 4. The van der Waals surface area contributed by atoms with Gasteiger partial charge < -0.3 is 15.2 Å². The maximum Gasteiger partial charge on any atom is 0.259 e.